The van der Waals surface area contributed by atoms with E-state index in [1.807, 2.05) is 18.6 Å². The summed E-state index contributed by atoms with van der Waals surface area (Å²) in [7, 11) is 0. The van der Waals surface area contributed by atoms with Crippen LogP contribution in [0.1, 0.15) is 67.6 Å². The Morgan fingerprint density at radius 3 is 2.72 bits per heavy atom. The number of nitrogens with one attached hydrogen (secondary N) is 1. The third-order valence-electron chi connectivity index (χ3n) is 8.53. The van der Waals surface area contributed by atoms with Crippen molar-refractivity contribution in [3.8, 4) is 10.6 Å². The van der Waals surface area contributed by atoms with E-state index in [2.05, 4.69) is 50.5 Å². The summed E-state index contributed by atoms with van der Waals surface area (Å²) in [5.41, 5.74) is 4.86. The van der Waals surface area contributed by atoms with E-state index in [-0.39, 0.29) is 5.41 Å². The highest BCUT2D eigenvalue weighted by Crippen LogP contribution is 2.45. The summed E-state index contributed by atoms with van der Waals surface area (Å²) in [5.74, 6) is 0.673. The molecule has 0 unspecified atom stereocenters. The van der Waals surface area contributed by atoms with Crippen LogP contribution in [-0.2, 0) is 10.2 Å². The van der Waals surface area contributed by atoms with Crippen molar-refractivity contribution in [2.45, 2.75) is 62.8 Å². The number of anilines is 1. The fraction of sp³-hybridized carbons (Fsp3) is 0.571. The minimum absolute atomic E-state index is 0.304. The van der Waals surface area contributed by atoms with Crippen molar-refractivity contribution in [2.24, 2.45) is 5.41 Å². The van der Waals surface area contributed by atoms with Crippen molar-refractivity contribution in [2.75, 3.05) is 37.7 Å². The fourth-order valence-electron chi connectivity index (χ4n) is 5.45. The SMILES string of the molecule is CC1(CN[C@@H]2CCCN(c3ccc(C4(c5nnc(-c6cncc(C7CC7)c6)s5)COC4)nc3)C2)CC1. The lowest BCUT2D eigenvalue weighted by Crippen LogP contribution is -2.48. The molecule has 2 aliphatic carbocycles. The van der Waals surface area contributed by atoms with E-state index in [9.17, 15) is 0 Å². The lowest BCUT2D eigenvalue weighted by atomic mass is 9.82. The highest BCUT2D eigenvalue weighted by atomic mass is 32.1. The van der Waals surface area contributed by atoms with Crippen molar-refractivity contribution in [3.63, 3.8) is 0 Å². The molecule has 3 aromatic heterocycles. The normalized spacial score (nSPS) is 24.4. The van der Waals surface area contributed by atoms with Crippen LogP contribution in [0.5, 0.6) is 0 Å². The second-order valence-corrected chi connectivity index (χ2v) is 12.6. The first-order chi connectivity index (χ1) is 17.6. The van der Waals surface area contributed by atoms with Crippen LogP contribution >= 0.6 is 11.3 Å². The summed E-state index contributed by atoms with van der Waals surface area (Å²) >= 11 is 1.65. The van der Waals surface area contributed by atoms with Gasteiger partial charge in [-0.1, -0.05) is 18.3 Å². The van der Waals surface area contributed by atoms with Gasteiger partial charge in [-0.05, 0) is 73.6 Å². The van der Waals surface area contributed by atoms with Gasteiger partial charge in [-0.3, -0.25) is 9.97 Å². The Bertz CT molecular complexity index is 1230. The molecule has 1 atom stereocenters. The first-order valence-corrected chi connectivity index (χ1v) is 14.2. The number of rotatable bonds is 8. The largest absolute Gasteiger partial charge is 0.378 e. The molecule has 4 aliphatic rings. The average molecular weight is 503 g/mol. The zero-order chi connectivity index (χ0) is 24.2. The molecule has 7 nitrogen and oxygen atoms in total. The van der Waals surface area contributed by atoms with E-state index in [0.717, 1.165) is 40.9 Å². The van der Waals surface area contributed by atoms with Crippen LogP contribution in [0.3, 0.4) is 0 Å². The van der Waals surface area contributed by atoms with Gasteiger partial charge in [0.15, 0.2) is 0 Å². The highest BCUT2D eigenvalue weighted by molar-refractivity contribution is 7.14. The zero-order valence-electron chi connectivity index (χ0n) is 20.9. The van der Waals surface area contributed by atoms with Crippen molar-refractivity contribution in [1.29, 1.82) is 0 Å². The van der Waals surface area contributed by atoms with E-state index in [0.29, 0.717) is 30.6 Å². The third kappa shape index (κ3) is 4.33. The van der Waals surface area contributed by atoms with Crippen LogP contribution in [-0.4, -0.2) is 59.1 Å². The van der Waals surface area contributed by atoms with E-state index in [1.54, 1.807) is 11.3 Å². The molecule has 2 aliphatic heterocycles. The molecule has 36 heavy (non-hydrogen) atoms. The Kier molecular flexibility index (Phi) is 5.60. The highest BCUT2D eigenvalue weighted by Gasteiger charge is 2.47. The first kappa shape index (κ1) is 22.8. The number of hydrogen-bond acceptors (Lipinski definition) is 8. The smallest absolute Gasteiger partial charge is 0.149 e. The molecule has 4 fully saturated rings. The number of piperidine rings is 1. The van der Waals surface area contributed by atoms with E-state index < -0.39 is 0 Å². The Labute approximate surface area is 216 Å². The predicted molar refractivity (Wildman–Crippen MR) is 142 cm³/mol. The second kappa shape index (κ2) is 8.85. The Balaban J connectivity index is 1.07. The van der Waals surface area contributed by atoms with Gasteiger partial charge in [-0.2, -0.15) is 0 Å². The van der Waals surface area contributed by atoms with Gasteiger partial charge >= 0.3 is 0 Å². The van der Waals surface area contributed by atoms with Gasteiger partial charge in [0.25, 0.3) is 0 Å². The van der Waals surface area contributed by atoms with Crippen molar-refractivity contribution >= 4 is 17.0 Å². The summed E-state index contributed by atoms with van der Waals surface area (Å²) in [6, 6.07) is 7.21. The number of pyridine rings is 2. The molecule has 0 spiro atoms. The van der Waals surface area contributed by atoms with Gasteiger partial charge in [-0.15, -0.1) is 10.2 Å². The molecular formula is C28H34N6OS. The molecule has 7 rings (SSSR count). The topological polar surface area (TPSA) is 76.1 Å². The molecule has 0 bridgehead atoms. The number of hydrogen-bond donors (Lipinski definition) is 1. The predicted octanol–water partition coefficient (Wildman–Crippen LogP) is 4.55. The molecule has 1 N–H and O–H groups in total. The van der Waals surface area contributed by atoms with Crippen LogP contribution in [0.25, 0.3) is 10.6 Å². The van der Waals surface area contributed by atoms with Gasteiger partial charge in [-0.25, -0.2) is 0 Å². The number of aromatic nitrogens is 4. The summed E-state index contributed by atoms with van der Waals surface area (Å²) in [5, 5.41) is 14.9. The number of nitrogens with zero attached hydrogens (tertiary/aromatic N) is 5. The van der Waals surface area contributed by atoms with Crippen molar-refractivity contribution < 1.29 is 4.74 Å². The maximum atomic E-state index is 5.71. The van der Waals surface area contributed by atoms with Gasteiger partial charge in [0.05, 0.1) is 30.8 Å². The van der Waals surface area contributed by atoms with Crippen LogP contribution in [0.15, 0.2) is 36.8 Å². The summed E-state index contributed by atoms with van der Waals surface area (Å²) in [6.45, 7) is 6.89. The molecule has 0 aromatic carbocycles. The van der Waals surface area contributed by atoms with Gasteiger partial charge in [0.1, 0.15) is 15.4 Å². The van der Waals surface area contributed by atoms with Crippen molar-refractivity contribution in [3.05, 3.63) is 53.1 Å². The molecule has 0 amide bonds. The number of ether oxygens (including phenoxy) is 1. The lowest BCUT2D eigenvalue weighted by Gasteiger charge is -2.39. The quantitative estimate of drug-likeness (QED) is 0.484. The van der Waals surface area contributed by atoms with Gasteiger partial charge < -0.3 is 15.0 Å². The fourth-order valence-corrected chi connectivity index (χ4v) is 6.44. The van der Waals surface area contributed by atoms with E-state index in [1.165, 1.54) is 49.8 Å². The van der Waals surface area contributed by atoms with Crippen molar-refractivity contribution in [1.82, 2.24) is 25.5 Å². The van der Waals surface area contributed by atoms with E-state index >= 15 is 0 Å². The molecule has 2 saturated carbocycles. The van der Waals surface area contributed by atoms with Gasteiger partial charge in [0, 0.05) is 43.6 Å². The monoisotopic (exact) mass is 502 g/mol. The minimum Gasteiger partial charge on any atom is -0.378 e. The first-order valence-electron chi connectivity index (χ1n) is 13.4. The molecule has 188 valence electrons. The summed E-state index contributed by atoms with van der Waals surface area (Å²) in [6.07, 6.45) is 13.7. The van der Waals surface area contributed by atoms with Crippen LogP contribution in [0.2, 0.25) is 0 Å². The standard InChI is InChI=1S/C28H34N6OS/c1-27(8-9-27)16-31-22-3-2-10-34(15-22)23-6-7-24(30-14-23)28(17-35-18-28)26-33-32-25(36-26)21-11-20(12-29-13-21)19-4-5-19/h6-7,11-14,19,22,31H,2-5,8-10,15-18H2,1H3/t22-/m1/s1. The zero-order valence-corrected chi connectivity index (χ0v) is 21.8. The molecule has 5 heterocycles. The summed E-state index contributed by atoms with van der Waals surface area (Å²) in [4.78, 5) is 11.9. The Hall–Kier alpha value is -2.42. The third-order valence-corrected chi connectivity index (χ3v) is 9.71. The lowest BCUT2D eigenvalue weighted by molar-refractivity contribution is -0.0403. The second-order valence-electron chi connectivity index (χ2n) is 11.6. The molecule has 2 saturated heterocycles. The average Bonchev–Trinajstić information content (AvgIpc) is 3.82. The Morgan fingerprint density at radius 2 is 2.00 bits per heavy atom. The minimum atomic E-state index is -0.304. The van der Waals surface area contributed by atoms with Gasteiger partial charge in [0.2, 0.25) is 0 Å². The maximum absolute atomic E-state index is 5.71. The Morgan fingerprint density at radius 1 is 1.11 bits per heavy atom. The maximum Gasteiger partial charge on any atom is 0.149 e. The summed E-state index contributed by atoms with van der Waals surface area (Å²) < 4.78 is 5.71. The van der Waals surface area contributed by atoms with Crippen LogP contribution in [0, 0.1) is 5.41 Å². The molecule has 3 aromatic rings. The van der Waals surface area contributed by atoms with E-state index in [4.69, 9.17) is 9.72 Å². The molecular weight excluding hydrogens is 468 g/mol. The molecule has 8 heteroatoms. The van der Waals surface area contributed by atoms with Crippen LogP contribution < -0.4 is 10.2 Å². The van der Waals surface area contributed by atoms with Crippen LogP contribution in [0.4, 0.5) is 5.69 Å². The molecule has 0 radical (unpaired) electrons.